The van der Waals surface area contributed by atoms with E-state index in [2.05, 4.69) is 4.90 Å². The first kappa shape index (κ1) is 19.5. The van der Waals surface area contributed by atoms with Crippen LogP contribution >= 0.6 is 0 Å². The number of likely N-dealkylation sites (tertiary alicyclic amines) is 1. The van der Waals surface area contributed by atoms with Crippen LogP contribution in [0.3, 0.4) is 0 Å². The average molecular weight is 354 g/mol. The molecule has 1 fully saturated rings. The zero-order chi connectivity index (χ0) is 18.6. The van der Waals surface area contributed by atoms with E-state index in [1.807, 2.05) is 19.0 Å². The van der Waals surface area contributed by atoms with E-state index in [0.29, 0.717) is 43.1 Å². The number of benzene rings is 1. The zero-order valence-corrected chi connectivity index (χ0v) is 15.3. The van der Waals surface area contributed by atoms with Crippen molar-refractivity contribution in [1.82, 2.24) is 9.80 Å². The maximum atomic E-state index is 14.4. The van der Waals surface area contributed by atoms with E-state index in [1.165, 1.54) is 20.3 Å². The van der Waals surface area contributed by atoms with Gasteiger partial charge in [-0.15, -0.1) is 0 Å². The summed E-state index contributed by atoms with van der Waals surface area (Å²) >= 11 is 0. The van der Waals surface area contributed by atoms with E-state index < -0.39 is 11.9 Å². The van der Waals surface area contributed by atoms with Crippen LogP contribution in [-0.4, -0.2) is 68.3 Å². The van der Waals surface area contributed by atoms with Crippen LogP contribution in [0.4, 0.5) is 4.39 Å². The number of nitrogens with zero attached hydrogens (tertiary/aromatic N) is 2. The van der Waals surface area contributed by atoms with Gasteiger partial charge in [-0.25, -0.2) is 4.39 Å². The van der Waals surface area contributed by atoms with Crippen LogP contribution in [0.5, 0.6) is 11.5 Å². The molecule has 0 radical (unpaired) electrons. The first-order chi connectivity index (χ1) is 11.8. The zero-order valence-electron chi connectivity index (χ0n) is 15.3. The van der Waals surface area contributed by atoms with E-state index in [0.717, 1.165) is 6.42 Å². The minimum atomic E-state index is -0.794. The molecular formula is C18H27FN2O4. The molecule has 1 heterocycles. The highest BCUT2D eigenvalue weighted by atomic mass is 19.1. The molecular weight excluding hydrogens is 327 g/mol. The summed E-state index contributed by atoms with van der Waals surface area (Å²) in [5, 5.41) is 9.43. The summed E-state index contributed by atoms with van der Waals surface area (Å²) in [7, 11) is 6.95. The maximum Gasteiger partial charge on any atom is 0.307 e. The Morgan fingerprint density at radius 3 is 2.44 bits per heavy atom. The van der Waals surface area contributed by atoms with Gasteiger partial charge in [0.2, 0.25) is 0 Å². The van der Waals surface area contributed by atoms with Crippen molar-refractivity contribution in [3.05, 3.63) is 23.5 Å². The molecule has 1 N–H and O–H groups in total. The van der Waals surface area contributed by atoms with E-state index in [-0.39, 0.29) is 11.9 Å². The molecule has 1 saturated heterocycles. The topological polar surface area (TPSA) is 62.2 Å². The van der Waals surface area contributed by atoms with Crippen molar-refractivity contribution in [3.8, 4) is 11.5 Å². The Hall–Kier alpha value is -1.86. The molecule has 25 heavy (non-hydrogen) atoms. The summed E-state index contributed by atoms with van der Waals surface area (Å²) in [6.07, 6.45) is 1.44. The Morgan fingerprint density at radius 1 is 1.24 bits per heavy atom. The van der Waals surface area contributed by atoms with E-state index in [4.69, 9.17) is 9.47 Å². The van der Waals surface area contributed by atoms with E-state index in [9.17, 15) is 14.3 Å². The Morgan fingerprint density at radius 2 is 1.88 bits per heavy atom. The number of hydrogen-bond donors (Lipinski definition) is 1. The molecule has 0 spiro atoms. The molecule has 1 aliphatic heterocycles. The van der Waals surface area contributed by atoms with Gasteiger partial charge in [-0.05, 0) is 33.0 Å². The predicted molar refractivity (Wildman–Crippen MR) is 92.6 cm³/mol. The summed E-state index contributed by atoms with van der Waals surface area (Å²) in [4.78, 5) is 15.6. The van der Waals surface area contributed by atoms with Crippen LogP contribution in [0, 0.1) is 11.7 Å². The lowest BCUT2D eigenvalue weighted by atomic mass is 10.0. The molecule has 1 aliphatic rings. The van der Waals surface area contributed by atoms with Crippen molar-refractivity contribution in [1.29, 1.82) is 0 Å². The SMILES string of the molecule is COc1cc(F)c(CN2C[C@@H](C(=O)O)CC[C@@H](N(C)C)C2)cc1OC. The fourth-order valence-electron chi connectivity index (χ4n) is 3.27. The molecule has 0 aliphatic carbocycles. The van der Waals surface area contributed by atoms with Crippen molar-refractivity contribution in [2.45, 2.75) is 25.4 Å². The lowest BCUT2D eigenvalue weighted by Gasteiger charge is -2.29. The fraction of sp³-hybridized carbons (Fsp3) is 0.611. The second-order valence-electron chi connectivity index (χ2n) is 6.72. The van der Waals surface area contributed by atoms with E-state index in [1.54, 1.807) is 6.07 Å². The van der Waals surface area contributed by atoms with Crippen LogP contribution in [0.1, 0.15) is 18.4 Å². The Kier molecular flexibility index (Phi) is 6.61. The smallest absolute Gasteiger partial charge is 0.307 e. The summed E-state index contributed by atoms with van der Waals surface area (Å²) < 4.78 is 24.8. The number of aliphatic carboxylic acids is 1. The van der Waals surface area contributed by atoms with Crippen LogP contribution in [0.15, 0.2) is 12.1 Å². The summed E-state index contributed by atoms with van der Waals surface area (Å²) in [5.74, 6) is -0.803. The van der Waals surface area contributed by atoms with Gasteiger partial charge < -0.3 is 19.5 Å². The van der Waals surface area contributed by atoms with Crippen molar-refractivity contribution < 1.29 is 23.8 Å². The third kappa shape index (κ3) is 4.83. The molecule has 140 valence electrons. The number of halogens is 1. The molecule has 0 bridgehead atoms. The molecule has 0 amide bonds. The van der Waals surface area contributed by atoms with Crippen molar-refractivity contribution in [3.63, 3.8) is 0 Å². The summed E-state index contributed by atoms with van der Waals surface area (Å²) in [6.45, 7) is 1.44. The highest BCUT2D eigenvalue weighted by Crippen LogP contribution is 2.31. The number of methoxy groups -OCH3 is 2. The highest BCUT2D eigenvalue weighted by molar-refractivity contribution is 5.70. The number of hydrogen-bond acceptors (Lipinski definition) is 5. The lowest BCUT2D eigenvalue weighted by molar-refractivity contribution is -0.142. The quantitative estimate of drug-likeness (QED) is 0.844. The fourth-order valence-corrected chi connectivity index (χ4v) is 3.27. The lowest BCUT2D eigenvalue weighted by Crippen LogP contribution is -2.39. The average Bonchev–Trinajstić information content (AvgIpc) is 2.79. The molecule has 2 atom stereocenters. The largest absolute Gasteiger partial charge is 0.493 e. The van der Waals surface area contributed by atoms with Crippen molar-refractivity contribution >= 4 is 5.97 Å². The van der Waals surface area contributed by atoms with Gasteiger partial charge >= 0.3 is 5.97 Å². The van der Waals surface area contributed by atoms with Crippen LogP contribution in [0.2, 0.25) is 0 Å². The first-order valence-electron chi connectivity index (χ1n) is 8.37. The standard InChI is InChI=1S/C18H27FN2O4/c1-20(2)14-6-5-12(18(22)23)9-21(11-14)10-13-7-16(24-3)17(25-4)8-15(13)19/h7-8,12,14H,5-6,9-11H2,1-4H3,(H,22,23)/t12-,14+/m0/s1. The molecule has 0 unspecified atom stereocenters. The Bertz CT molecular complexity index is 609. The second-order valence-corrected chi connectivity index (χ2v) is 6.72. The third-order valence-electron chi connectivity index (χ3n) is 4.82. The molecule has 7 heteroatoms. The second kappa shape index (κ2) is 8.49. The van der Waals surface area contributed by atoms with Crippen LogP contribution < -0.4 is 9.47 Å². The van der Waals surface area contributed by atoms with Gasteiger partial charge in [0.15, 0.2) is 11.5 Å². The maximum absolute atomic E-state index is 14.4. The Balaban J connectivity index is 2.24. The van der Waals surface area contributed by atoms with Gasteiger partial charge in [0.25, 0.3) is 0 Å². The van der Waals surface area contributed by atoms with Gasteiger partial charge in [-0.1, -0.05) is 0 Å². The molecule has 2 rings (SSSR count). The molecule has 0 aromatic heterocycles. The third-order valence-corrected chi connectivity index (χ3v) is 4.82. The van der Waals surface area contributed by atoms with Gasteiger partial charge in [-0.2, -0.15) is 0 Å². The van der Waals surface area contributed by atoms with E-state index >= 15 is 0 Å². The minimum absolute atomic E-state index is 0.243. The number of carboxylic acid groups (broad SMARTS) is 1. The van der Waals surface area contributed by atoms with Crippen LogP contribution in [-0.2, 0) is 11.3 Å². The highest BCUT2D eigenvalue weighted by Gasteiger charge is 2.29. The molecule has 0 saturated carbocycles. The first-order valence-corrected chi connectivity index (χ1v) is 8.37. The van der Waals surface area contributed by atoms with Gasteiger partial charge in [-0.3, -0.25) is 9.69 Å². The molecule has 1 aromatic carbocycles. The molecule has 1 aromatic rings. The van der Waals surface area contributed by atoms with Gasteiger partial charge in [0.1, 0.15) is 5.82 Å². The van der Waals surface area contributed by atoms with Crippen molar-refractivity contribution in [2.75, 3.05) is 41.4 Å². The normalized spacial score (nSPS) is 21.8. The van der Waals surface area contributed by atoms with Crippen molar-refractivity contribution in [2.24, 2.45) is 5.92 Å². The number of rotatable bonds is 6. The molecule has 6 nitrogen and oxygen atoms in total. The number of likely N-dealkylation sites (N-methyl/N-ethyl adjacent to an activating group) is 1. The summed E-state index contributed by atoms with van der Waals surface area (Å²) in [5.41, 5.74) is 0.473. The predicted octanol–water partition coefficient (Wildman–Crippen LogP) is 2.07. The monoisotopic (exact) mass is 354 g/mol. The minimum Gasteiger partial charge on any atom is -0.493 e. The van der Waals surface area contributed by atoms with Gasteiger partial charge in [0, 0.05) is 37.3 Å². The number of ether oxygens (including phenoxy) is 2. The Labute approximate surface area is 148 Å². The summed E-state index contributed by atoms with van der Waals surface area (Å²) in [6, 6.07) is 3.18. The van der Waals surface area contributed by atoms with Gasteiger partial charge in [0.05, 0.1) is 20.1 Å². The van der Waals surface area contributed by atoms with Crippen LogP contribution in [0.25, 0.3) is 0 Å². The number of carboxylic acids is 1. The number of carbonyl (C=O) groups is 1.